The van der Waals surface area contributed by atoms with Gasteiger partial charge in [0.25, 0.3) is 0 Å². The number of nitrogens with zero attached hydrogens (tertiary/aromatic N) is 1. The van der Waals surface area contributed by atoms with Crippen molar-refractivity contribution in [1.29, 1.82) is 0 Å². The maximum atomic E-state index is 10.7. The van der Waals surface area contributed by atoms with Gasteiger partial charge < -0.3 is 10.8 Å². The minimum absolute atomic E-state index is 0.222. The number of amides is 2. The highest BCUT2D eigenvalue weighted by Crippen LogP contribution is 2.00. The molecular formula is C11H20N2O3. The summed E-state index contributed by atoms with van der Waals surface area (Å²) < 4.78 is 0. The Labute approximate surface area is 95.9 Å². The lowest BCUT2D eigenvalue weighted by Gasteiger charge is -2.16. The van der Waals surface area contributed by atoms with E-state index in [0.29, 0.717) is 6.54 Å². The molecule has 0 fully saturated rings. The first-order valence-electron chi connectivity index (χ1n) is 5.49. The largest absolute Gasteiger partial charge is 0.465 e. The molecule has 2 amide bonds. The van der Waals surface area contributed by atoms with E-state index >= 15 is 0 Å². The monoisotopic (exact) mass is 228 g/mol. The van der Waals surface area contributed by atoms with Crippen molar-refractivity contribution in [1.82, 2.24) is 4.90 Å². The van der Waals surface area contributed by atoms with E-state index in [1.54, 1.807) is 0 Å². The van der Waals surface area contributed by atoms with Gasteiger partial charge in [-0.1, -0.05) is 19.1 Å². The lowest BCUT2D eigenvalue weighted by atomic mass is 10.2. The van der Waals surface area contributed by atoms with E-state index in [4.69, 9.17) is 10.8 Å². The second kappa shape index (κ2) is 8.76. The van der Waals surface area contributed by atoms with Gasteiger partial charge in [-0.15, -0.1) is 0 Å². The number of rotatable bonds is 8. The van der Waals surface area contributed by atoms with Crippen LogP contribution in [0.25, 0.3) is 0 Å². The Kier molecular flexibility index (Phi) is 7.93. The summed E-state index contributed by atoms with van der Waals surface area (Å²) in [6.45, 7) is 2.20. The van der Waals surface area contributed by atoms with E-state index in [9.17, 15) is 9.59 Å². The summed E-state index contributed by atoms with van der Waals surface area (Å²) in [5.41, 5.74) is 4.95. The van der Waals surface area contributed by atoms with Gasteiger partial charge in [-0.05, 0) is 25.7 Å². The van der Waals surface area contributed by atoms with Crippen LogP contribution in [-0.4, -0.2) is 35.1 Å². The third-order valence-electron chi connectivity index (χ3n) is 2.07. The minimum Gasteiger partial charge on any atom is -0.465 e. The van der Waals surface area contributed by atoms with Gasteiger partial charge >= 0.3 is 6.09 Å². The highest BCUT2D eigenvalue weighted by Gasteiger charge is 2.12. The van der Waals surface area contributed by atoms with Crippen LogP contribution in [0.5, 0.6) is 0 Å². The summed E-state index contributed by atoms with van der Waals surface area (Å²) in [6, 6.07) is 0. The predicted molar refractivity (Wildman–Crippen MR) is 62.1 cm³/mol. The summed E-state index contributed by atoms with van der Waals surface area (Å²) in [5.74, 6) is -0.617. The second-order valence-corrected chi connectivity index (χ2v) is 3.55. The van der Waals surface area contributed by atoms with Gasteiger partial charge in [-0.25, -0.2) is 4.79 Å². The number of nitrogens with two attached hydrogens (primary N) is 1. The highest BCUT2D eigenvalue weighted by molar-refractivity contribution is 5.80. The first kappa shape index (κ1) is 14.5. The molecule has 0 radical (unpaired) electrons. The quantitative estimate of drug-likeness (QED) is 0.488. The molecule has 0 aliphatic rings. The molecular weight excluding hydrogens is 208 g/mol. The first-order chi connectivity index (χ1) is 7.57. The van der Waals surface area contributed by atoms with Crippen molar-refractivity contribution in [3.63, 3.8) is 0 Å². The van der Waals surface area contributed by atoms with Crippen molar-refractivity contribution in [2.75, 3.05) is 13.1 Å². The Balaban J connectivity index is 3.72. The Morgan fingerprint density at radius 2 is 2.00 bits per heavy atom. The Morgan fingerprint density at radius 1 is 1.31 bits per heavy atom. The zero-order chi connectivity index (χ0) is 12.4. The maximum Gasteiger partial charge on any atom is 0.407 e. The van der Waals surface area contributed by atoms with Crippen LogP contribution in [0.1, 0.15) is 32.6 Å². The fourth-order valence-electron chi connectivity index (χ4n) is 1.28. The van der Waals surface area contributed by atoms with Crippen LogP contribution in [0.15, 0.2) is 12.2 Å². The molecule has 0 heterocycles. The molecule has 92 valence electrons. The summed E-state index contributed by atoms with van der Waals surface area (Å²) in [7, 11) is 0. The first-order valence-corrected chi connectivity index (χ1v) is 5.49. The Bertz CT molecular complexity index is 252. The van der Waals surface area contributed by atoms with Crippen molar-refractivity contribution in [3.8, 4) is 0 Å². The molecule has 0 saturated heterocycles. The van der Waals surface area contributed by atoms with Gasteiger partial charge in [0.15, 0.2) is 0 Å². The molecule has 0 bridgehead atoms. The molecule has 0 atom stereocenters. The van der Waals surface area contributed by atoms with Gasteiger partial charge in [0.2, 0.25) is 5.91 Å². The SMILES string of the molecule is CC/C=C\CCCCN(CC(N)=O)C(=O)O. The number of carbonyl (C=O) groups is 2. The van der Waals surface area contributed by atoms with Gasteiger partial charge in [-0.2, -0.15) is 0 Å². The molecule has 0 aliphatic carbocycles. The third kappa shape index (κ3) is 7.84. The number of hydrogen-bond acceptors (Lipinski definition) is 2. The van der Waals surface area contributed by atoms with Gasteiger partial charge in [-0.3, -0.25) is 9.69 Å². The number of hydrogen-bond donors (Lipinski definition) is 2. The van der Waals surface area contributed by atoms with Crippen molar-refractivity contribution in [2.45, 2.75) is 32.6 Å². The summed E-state index contributed by atoms with van der Waals surface area (Å²) in [5, 5.41) is 8.77. The Hall–Kier alpha value is -1.52. The lowest BCUT2D eigenvalue weighted by molar-refractivity contribution is -0.118. The summed E-state index contributed by atoms with van der Waals surface area (Å²) in [4.78, 5) is 22.3. The van der Waals surface area contributed by atoms with Crippen LogP contribution in [0, 0.1) is 0 Å². The van der Waals surface area contributed by atoms with Crippen molar-refractivity contribution in [3.05, 3.63) is 12.2 Å². The highest BCUT2D eigenvalue weighted by atomic mass is 16.4. The molecule has 0 aromatic heterocycles. The molecule has 0 rings (SSSR count). The van der Waals surface area contributed by atoms with Crippen LogP contribution >= 0.6 is 0 Å². The van der Waals surface area contributed by atoms with Crippen LogP contribution in [0.4, 0.5) is 4.79 Å². The molecule has 0 unspecified atom stereocenters. The van der Waals surface area contributed by atoms with Crippen molar-refractivity contribution >= 4 is 12.0 Å². The molecule has 0 aromatic rings. The lowest BCUT2D eigenvalue weighted by Crippen LogP contribution is -2.38. The third-order valence-corrected chi connectivity index (χ3v) is 2.07. The van der Waals surface area contributed by atoms with E-state index in [1.165, 1.54) is 0 Å². The van der Waals surface area contributed by atoms with Crippen LogP contribution < -0.4 is 5.73 Å². The van der Waals surface area contributed by atoms with Crippen LogP contribution in [-0.2, 0) is 4.79 Å². The van der Waals surface area contributed by atoms with Gasteiger partial charge in [0.05, 0.1) is 0 Å². The van der Waals surface area contributed by atoms with E-state index < -0.39 is 12.0 Å². The fourth-order valence-corrected chi connectivity index (χ4v) is 1.28. The number of allylic oxidation sites excluding steroid dienone is 2. The topological polar surface area (TPSA) is 83.6 Å². The molecule has 0 spiro atoms. The van der Waals surface area contributed by atoms with E-state index in [1.807, 2.05) is 0 Å². The van der Waals surface area contributed by atoms with Gasteiger partial charge in [0.1, 0.15) is 6.54 Å². The standard InChI is InChI=1S/C11H20N2O3/c1-2-3-4-5-6-7-8-13(11(15)16)9-10(12)14/h3-4H,2,5-9H2,1H3,(H2,12,14)(H,15,16)/b4-3-. The number of carboxylic acid groups (broad SMARTS) is 1. The van der Waals surface area contributed by atoms with Crippen LogP contribution in [0.2, 0.25) is 0 Å². The molecule has 0 saturated carbocycles. The zero-order valence-corrected chi connectivity index (χ0v) is 9.69. The normalized spacial score (nSPS) is 10.6. The van der Waals surface area contributed by atoms with Crippen molar-refractivity contribution < 1.29 is 14.7 Å². The van der Waals surface area contributed by atoms with E-state index in [2.05, 4.69) is 19.1 Å². The molecule has 0 aliphatic heterocycles. The van der Waals surface area contributed by atoms with E-state index in [-0.39, 0.29) is 6.54 Å². The average Bonchev–Trinajstić information content (AvgIpc) is 2.20. The number of carbonyl (C=O) groups excluding carboxylic acids is 1. The zero-order valence-electron chi connectivity index (χ0n) is 9.69. The van der Waals surface area contributed by atoms with Crippen LogP contribution in [0.3, 0.4) is 0 Å². The smallest absolute Gasteiger partial charge is 0.407 e. The number of unbranched alkanes of at least 4 members (excludes halogenated alkanes) is 2. The predicted octanol–water partition coefficient (Wildman–Crippen LogP) is 1.59. The fraction of sp³-hybridized carbons (Fsp3) is 0.636. The summed E-state index contributed by atoms with van der Waals surface area (Å²) >= 11 is 0. The minimum atomic E-state index is -1.09. The maximum absolute atomic E-state index is 10.7. The average molecular weight is 228 g/mol. The van der Waals surface area contributed by atoms with Gasteiger partial charge in [0, 0.05) is 6.54 Å². The second-order valence-electron chi connectivity index (χ2n) is 3.55. The number of primary amides is 1. The molecule has 0 aromatic carbocycles. The molecule has 5 heteroatoms. The summed E-state index contributed by atoms with van der Waals surface area (Å²) in [6.07, 6.45) is 6.69. The molecule has 3 N–H and O–H groups in total. The molecule has 5 nitrogen and oxygen atoms in total. The van der Waals surface area contributed by atoms with E-state index in [0.717, 1.165) is 30.6 Å². The molecule has 16 heavy (non-hydrogen) atoms. The van der Waals surface area contributed by atoms with Crippen molar-refractivity contribution in [2.24, 2.45) is 5.73 Å². The Morgan fingerprint density at radius 3 is 2.50 bits per heavy atom.